The summed E-state index contributed by atoms with van der Waals surface area (Å²) in [4.78, 5) is 21.5. The lowest BCUT2D eigenvalue weighted by Gasteiger charge is -2.28. The fraction of sp³-hybridized carbons (Fsp3) is 0.818. The lowest BCUT2D eigenvalue weighted by atomic mass is 9.85. The molecule has 2 amide bonds. The third-order valence-corrected chi connectivity index (χ3v) is 3.16. The van der Waals surface area contributed by atoms with E-state index in [2.05, 4.69) is 17.6 Å². The molecule has 1 aliphatic rings. The smallest absolute Gasteiger partial charge is 0.323 e. The van der Waals surface area contributed by atoms with Crippen LogP contribution in [0.2, 0.25) is 0 Å². The molecule has 3 N–H and O–H groups in total. The van der Waals surface area contributed by atoms with Gasteiger partial charge in [-0.3, -0.25) is 4.79 Å². The van der Waals surface area contributed by atoms with E-state index in [0.29, 0.717) is 0 Å². The Labute approximate surface area is 95.6 Å². The summed E-state index contributed by atoms with van der Waals surface area (Å²) in [5.74, 6) is -0.232. The summed E-state index contributed by atoms with van der Waals surface area (Å²) in [7, 11) is 0. The first kappa shape index (κ1) is 12.8. The first-order valence-corrected chi connectivity index (χ1v) is 5.88. The van der Waals surface area contributed by atoms with Gasteiger partial charge in [0.1, 0.15) is 6.54 Å². The van der Waals surface area contributed by atoms with Gasteiger partial charge in [0, 0.05) is 6.04 Å². The molecule has 0 aromatic rings. The third-order valence-electron chi connectivity index (χ3n) is 3.16. The Morgan fingerprint density at radius 1 is 1.25 bits per heavy atom. The van der Waals surface area contributed by atoms with Crippen LogP contribution in [0.1, 0.15) is 39.0 Å². The van der Waals surface area contributed by atoms with Crippen molar-refractivity contribution in [2.24, 2.45) is 5.92 Å². The second-order valence-corrected chi connectivity index (χ2v) is 4.35. The van der Waals surface area contributed by atoms with Crippen LogP contribution in [-0.2, 0) is 4.79 Å². The molecule has 0 heterocycles. The fourth-order valence-electron chi connectivity index (χ4n) is 2.11. The Kier molecular flexibility index (Phi) is 5.08. The number of carbonyl (C=O) groups is 2. The number of hydrogen-bond donors (Lipinski definition) is 3. The van der Waals surface area contributed by atoms with Crippen molar-refractivity contribution in [3.8, 4) is 0 Å². The molecule has 16 heavy (non-hydrogen) atoms. The van der Waals surface area contributed by atoms with Crippen LogP contribution in [0.4, 0.5) is 4.79 Å². The molecule has 0 saturated heterocycles. The molecule has 0 spiro atoms. The zero-order chi connectivity index (χ0) is 12.0. The van der Waals surface area contributed by atoms with Gasteiger partial charge < -0.3 is 15.7 Å². The number of carboxylic acid groups (broad SMARTS) is 1. The average Bonchev–Trinajstić information content (AvgIpc) is 2.27. The minimum absolute atomic E-state index is 0.205. The van der Waals surface area contributed by atoms with E-state index in [9.17, 15) is 9.59 Å². The molecule has 92 valence electrons. The van der Waals surface area contributed by atoms with Crippen LogP contribution < -0.4 is 10.6 Å². The average molecular weight is 228 g/mol. The van der Waals surface area contributed by atoms with E-state index in [1.807, 2.05) is 0 Å². The predicted molar refractivity (Wildman–Crippen MR) is 60.2 cm³/mol. The summed E-state index contributed by atoms with van der Waals surface area (Å²) >= 11 is 0. The van der Waals surface area contributed by atoms with Gasteiger partial charge in [-0.2, -0.15) is 0 Å². The van der Waals surface area contributed by atoms with E-state index in [1.165, 1.54) is 6.42 Å². The molecule has 5 nitrogen and oxygen atoms in total. The molecule has 5 heteroatoms. The van der Waals surface area contributed by atoms with Gasteiger partial charge in [0.15, 0.2) is 0 Å². The highest BCUT2D eigenvalue weighted by molar-refractivity contribution is 5.79. The molecule has 0 aromatic heterocycles. The van der Waals surface area contributed by atoms with Crippen molar-refractivity contribution in [2.45, 2.75) is 45.1 Å². The van der Waals surface area contributed by atoms with Crippen LogP contribution in [0.3, 0.4) is 0 Å². The normalized spacial score (nSPS) is 24.8. The molecule has 1 rings (SSSR count). The van der Waals surface area contributed by atoms with Gasteiger partial charge in [0.2, 0.25) is 0 Å². The van der Waals surface area contributed by atoms with Crippen LogP contribution in [0, 0.1) is 5.92 Å². The van der Waals surface area contributed by atoms with Crippen molar-refractivity contribution in [1.82, 2.24) is 10.6 Å². The number of carbonyl (C=O) groups excluding carboxylic acids is 1. The molecule has 0 atom stereocenters. The Balaban J connectivity index is 2.18. The molecule has 0 aliphatic heterocycles. The van der Waals surface area contributed by atoms with Gasteiger partial charge in [-0.05, 0) is 31.6 Å². The standard InChI is InChI=1S/C11H20N2O3/c1-2-8-3-5-9(6-4-8)13-11(16)12-7-10(14)15/h8-9H,2-7H2,1H3,(H,14,15)(H2,12,13,16). The topological polar surface area (TPSA) is 78.4 Å². The molecule has 0 radical (unpaired) electrons. The Morgan fingerprint density at radius 2 is 1.88 bits per heavy atom. The molecular formula is C11H20N2O3. The number of aliphatic carboxylic acids is 1. The Bertz CT molecular complexity index is 248. The molecule has 0 unspecified atom stereocenters. The van der Waals surface area contributed by atoms with Crippen LogP contribution in [0.5, 0.6) is 0 Å². The van der Waals surface area contributed by atoms with Gasteiger partial charge in [0.05, 0.1) is 0 Å². The van der Waals surface area contributed by atoms with E-state index < -0.39 is 5.97 Å². The van der Waals surface area contributed by atoms with Crippen molar-refractivity contribution in [3.63, 3.8) is 0 Å². The zero-order valence-corrected chi connectivity index (χ0v) is 9.66. The van der Waals surface area contributed by atoms with Crippen molar-refractivity contribution in [2.75, 3.05) is 6.54 Å². The third kappa shape index (κ3) is 4.51. The van der Waals surface area contributed by atoms with E-state index >= 15 is 0 Å². The van der Waals surface area contributed by atoms with E-state index in [0.717, 1.165) is 31.6 Å². The minimum atomic E-state index is -1.02. The fourth-order valence-corrected chi connectivity index (χ4v) is 2.11. The van der Waals surface area contributed by atoms with Crippen molar-refractivity contribution in [1.29, 1.82) is 0 Å². The number of carboxylic acids is 1. The van der Waals surface area contributed by atoms with Gasteiger partial charge in [-0.1, -0.05) is 13.3 Å². The van der Waals surface area contributed by atoms with Gasteiger partial charge in [-0.15, -0.1) is 0 Å². The molecular weight excluding hydrogens is 208 g/mol. The maximum atomic E-state index is 11.3. The highest BCUT2D eigenvalue weighted by Gasteiger charge is 2.21. The van der Waals surface area contributed by atoms with Gasteiger partial charge >= 0.3 is 12.0 Å². The number of amides is 2. The summed E-state index contributed by atoms with van der Waals surface area (Å²) in [6, 6.07) is -0.168. The lowest BCUT2D eigenvalue weighted by molar-refractivity contribution is -0.135. The van der Waals surface area contributed by atoms with Gasteiger partial charge in [0.25, 0.3) is 0 Å². The van der Waals surface area contributed by atoms with Crippen molar-refractivity contribution >= 4 is 12.0 Å². The van der Waals surface area contributed by atoms with E-state index in [1.54, 1.807) is 0 Å². The SMILES string of the molecule is CCC1CCC(NC(=O)NCC(=O)O)CC1. The first-order chi connectivity index (χ1) is 7.61. The van der Waals surface area contributed by atoms with E-state index in [-0.39, 0.29) is 18.6 Å². The summed E-state index contributed by atoms with van der Waals surface area (Å²) < 4.78 is 0. The first-order valence-electron chi connectivity index (χ1n) is 5.88. The minimum Gasteiger partial charge on any atom is -0.480 e. The monoisotopic (exact) mass is 228 g/mol. The Hall–Kier alpha value is -1.26. The highest BCUT2D eigenvalue weighted by atomic mass is 16.4. The van der Waals surface area contributed by atoms with Crippen LogP contribution in [-0.4, -0.2) is 29.7 Å². The number of hydrogen-bond acceptors (Lipinski definition) is 2. The van der Waals surface area contributed by atoms with Crippen LogP contribution in [0.25, 0.3) is 0 Å². The predicted octanol–water partition coefficient (Wildman–Crippen LogP) is 1.34. The highest BCUT2D eigenvalue weighted by Crippen LogP contribution is 2.26. The summed E-state index contributed by atoms with van der Waals surface area (Å²) in [6.45, 7) is 1.87. The summed E-state index contributed by atoms with van der Waals surface area (Å²) in [6.07, 6.45) is 5.51. The largest absolute Gasteiger partial charge is 0.480 e. The summed E-state index contributed by atoms with van der Waals surface area (Å²) in [5, 5.41) is 13.5. The molecule has 1 saturated carbocycles. The molecule has 1 fully saturated rings. The van der Waals surface area contributed by atoms with E-state index in [4.69, 9.17) is 5.11 Å². The zero-order valence-electron chi connectivity index (χ0n) is 9.66. The number of nitrogens with one attached hydrogen (secondary N) is 2. The maximum Gasteiger partial charge on any atom is 0.323 e. The maximum absolute atomic E-state index is 11.3. The van der Waals surface area contributed by atoms with Crippen LogP contribution in [0.15, 0.2) is 0 Å². The molecule has 0 bridgehead atoms. The number of rotatable bonds is 4. The summed E-state index contributed by atoms with van der Waals surface area (Å²) in [5.41, 5.74) is 0. The molecule has 1 aliphatic carbocycles. The Morgan fingerprint density at radius 3 is 2.38 bits per heavy atom. The van der Waals surface area contributed by atoms with Crippen molar-refractivity contribution in [3.05, 3.63) is 0 Å². The van der Waals surface area contributed by atoms with Gasteiger partial charge in [-0.25, -0.2) is 4.79 Å². The quantitative estimate of drug-likeness (QED) is 0.679. The van der Waals surface area contributed by atoms with Crippen LogP contribution >= 0.6 is 0 Å². The lowest BCUT2D eigenvalue weighted by Crippen LogP contribution is -2.45. The number of urea groups is 1. The molecule has 0 aromatic carbocycles. The second-order valence-electron chi connectivity index (χ2n) is 4.35. The second kappa shape index (κ2) is 6.35. The van der Waals surface area contributed by atoms with Crippen molar-refractivity contribution < 1.29 is 14.7 Å².